The maximum Gasteiger partial charge on any atom is 0.321 e. The fourth-order valence-corrected chi connectivity index (χ4v) is 3.13. The molecule has 0 fully saturated rings. The number of carbonyl (C=O) groups is 1. The first kappa shape index (κ1) is 16.5. The molecule has 1 aromatic rings. The highest BCUT2D eigenvalue weighted by atomic mass is 32.2. The molecule has 0 saturated carbocycles. The Bertz CT molecular complexity index is 556. The Morgan fingerprint density at radius 3 is 2.60 bits per heavy atom. The first-order valence-corrected chi connectivity index (χ1v) is 7.78. The number of hydrogen-bond donors (Lipinski definition) is 2. The van der Waals surface area contributed by atoms with Gasteiger partial charge in [-0.25, -0.2) is 8.42 Å². The summed E-state index contributed by atoms with van der Waals surface area (Å²) in [4.78, 5) is 11.0. The lowest BCUT2D eigenvalue weighted by Gasteiger charge is -2.15. The largest absolute Gasteiger partial charge is 0.495 e. The van der Waals surface area contributed by atoms with Crippen molar-refractivity contribution in [3.8, 4) is 5.75 Å². The minimum atomic E-state index is -3.93. The van der Waals surface area contributed by atoms with Gasteiger partial charge in [-0.2, -0.15) is 4.72 Å². The summed E-state index contributed by atoms with van der Waals surface area (Å²) in [6.45, 7) is 1.91. The molecule has 2 N–H and O–H groups in total. The predicted molar refractivity (Wildman–Crippen MR) is 74.3 cm³/mol. The van der Waals surface area contributed by atoms with Crippen LogP contribution in [0.5, 0.6) is 5.75 Å². The summed E-state index contributed by atoms with van der Waals surface area (Å²) in [5.74, 6) is -1.00. The molecule has 20 heavy (non-hydrogen) atoms. The van der Waals surface area contributed by atoms with Crippen molar-refractivity contribution in [2.75, 3.05) is 7.11 Å². The maximum absolute atomic E-state index is 12.2. The molecular weight excluding hydrogens is 282 g/mol. The molecule has 1 rings (SSSR count). The van der Waals surface area contributed by atoms with E-state index in [0.717, 1.165) is 6.42 Å². The molecule has 112 valence electrons. The van der Waals surface area contributed by atoms with E-state index in [2.05, 4.69) is 4.72 Å². The van der Waals surface area contributed by atoms with Crippen molar-refractivity contribution in [1.82, 2.24) is 4.72 Å². The summed E-state index contributed by atoms with van der Waals surface area (Å²) in [5.41, 5.74) is 0. The molecule has 0 aliphatic carbocycles. The van der Waals surface area contributed by atoms with Crippen LogP contribution in [0.25, 0.3) is 0 Å². The van der Waals surface area contributed by atoms with Gasteiger partial charge in [-0.15, -0.1) is 0 Å². The lowest BCUT2D eigenvalue weighted by molar-refractivity contribution is -0.139. The van der Waals surface area contributed by atoms with Crippen LogP contribution in [-0.2, 0) is 14.8 Å². The van der Waals surface area contributed by atoms with Gasteiger partial charge in [0.25, 0.3) is 0 Å². The molecule has 0 radical (unpaired) electrons. The van der Waals surface area contributed by atoms with Gasteiger partial charge in [0.15, 0.2) is 0 Å². The van der Waals surface area contributed by atoms with Crippen LogP contribution in [0.2, 0.25) is 0 Å². The van der Waals surface area contributed by atoms with Gasteiger partial charge in [-0.05, 0) is 18.6 Å². The zero-order valence-corrected chi connectivity index (χ0v) is 12.3. The van der Waals surface area contributed by atoms with Gasteiger partial charge in [0.2, 0.25) is 10.0 Å². The Kier molecular flexibility index (Phi) is 5.97. The third kappa shape index (κ3) is 4.21. The molecule has 0 saturated heterocycles. The van der Waals surface area contributed by atoms with E-state index in [1.165, 1.54) is 19.2 Å². The normalized spacial score (nSPS) is 12.9. The second kappa shape index (κ2) is 7.25. The number of carboxylic acids is 1. The number of sulfonamides is 1. The molecule has 0 bridgehead atoms. The molecule has 7 heteroatoms. The van der Waals surface area contributed by atoms with Gasteiger partial charge in [0.05, 0.1) is 7.11 Å². The van der Waals surface area contributed by atoms with Gasteiger partial charge in [0.1, 0.15) is 16.7 Å². The zero-order chi connectivity index (χ0) is 15.2. The number of hydrogen-bond acceptors (Lipinski definition) is 4. The Morgan fingerprint density at radius 2 is 2.05 bits per heavy atom. The number of rotatable bonds is 8. The Balaban J connectivity index is 3.00. The SMILES string of the molecule is CCCC[C@H](NS(=O)(=O)c1ccccc1OC)C(=O)O. The first-order chi connectivity index (χ1) is 9.42. The fraction of sp³-hybridized carbons (Fsp3) is 0.462. The molecule has 6 nitrogen and oxygen atoms in total. The summed E-state index contributed by atoms with van der Waals surface area (Å²) in [6.07, 6.45) is 1.67. The van der Waals surface area contributed by atoms with Gasteiger partial charge in [-0.3, -0.25) is 4.79 Å². The first-order valence-electron chi connectivity index (χ1n) is 6.30. The van der Waals surface area contributed by atoms with Crippen LogP contribution < -0.4 is 9.46 Å². The van der Waals surface area contributed by atoms with Crippen molar-refractivity contribution in [3.63, 3.8) is 0 Å². The third-order valence-electron chi connectivity index (χ3n) is 2.80. The number of benzene rings is 1. The van der Waals surface area contributed by atoms with E-state index < -0.39 is 22.0 Å². The lowest BCUT2D eigenvalue weighted by Crippen LogP contribution is -2.40. The predicted octanol–water partition coefficient (Wildman–Crippen LogP) is 1.62. The molecule has 0 heterocycles. The molecular formula is C13H19NO5S. The van der Waals surface area contributed by atoms with E-state index in [1.54, 1.807) is 12.1 Å². The van der Waals surface area contributed by atoms with E-state index in [9.17, 15) is 13.2 Å². The van der Waals surface area contributed by atoms with Crippen LogP contribution in [0.3, 0.4) is 0 Å². The molecule has 0 unspecified atom stereocenters. The van der Waals surface area contributed by atoms with Crippen LogP contribution in [-0.4, -0.2) is 32.6 Å². The van der Waals surface area contributed by atoms with Gasteiger partial charge in [-0.1, -0.05) is 31.9 Å². The molecule has 1 atom stereocenters. The number of ether oxygens (including phenoxy) is 1. The van der Waals surface area contributed by atoms with Gasteiger partial charge >= 0.3 is 5.97 Å². The Labute approximate surface area is 118 Å². The number of aliphatic carboxylic acids is 1. The lowest BCUT2D eigenvalue weighted by atomic mass is 10.1. The van der Waals surface area contributed by atoms with E-state index >= 15 is 0 Å². The molecule has 0 aliphatic heterocycles. The summed E-state index contributed by atoms with van der Waals surface area (Å²) < 4.78 is 31.7. The summed E-state index contributed by atoms with van der Waals surface area (Å²) in [6, 6.07) is 4.95. The number of carboxylic acid groups (broad SMARTS) is 1. The highest BCUT2D eigenvalue weighted by molar-refractivity contribution is 7.89. The topological polar surface area (TPSA) is 92.7 Å². The number of unbranched alkanes of at least 4 members (excludes halogenated alkanes) is 1. The smallest absolute Gasteiger partial charge is 0.321 e. The summed E-state index contributed by atoms with van der Waals surface area (Å²) >= 11 is 0. The second-order valence-electron chi connectivity index (χ2n) is 4.31. The monoisotopic (exact) mass is 301 g/mol. The molecule has 0 aliphatic rings. The van der Waals surface area contributed by atoms with Crippen molar-refractivity contribution in [3.05, 3.63) is 24.3 Å². The fourth-order valence-electron chi connectivity index (χ4n) is 1.73. The molecule has 0 aromatic heterocycles. The minimum absolute atomic E-state index is 0.0646. The van der Waals surface area contributed by atoms with Crippen LogP contribution in [0, 0.1) is 0 Å². The van der Waals surface area contributed by atoms with Crippen molar-refractivity contribution in [2.24, 2.45) is 0 Å². The average molecular weight is 301 g/mol. The van der Waals surface area contributed by atoms with E-state index in [-0.39, 0.29) is 17.1 Å². The highest BCUT2D eigenvalue weighted by Crippen LogP contribution is 2.23. The van der Waals surface area contributed by atoms with E-state index in [0.29, 0.717) is 6.42 Å². The number of para-hydroxylation sites is 1. The molecule has 0 amide bonds. The van der Waals surface area contributed by atoms with Gasteiger partial charge in [0, 0.05) is 0 Å². The Hall–Kier alpha value is -1.60. The quantitative estimate of drug-likeness (QED) is 0.761. The molecule has 0 spiro atoms. The minimum Gasteiger partial charge on any atom is -0.495 e. The van der Waals surface area contributed by atoms with E-state index in [4.69, 9.17) is 9.84 Å². The van der Waals surface area contributed by atoms with E-state index in [1.807, 2.05) is 6.92 Å². The summed E-state index contributed by atoms with van der Waals surface area (Å²) in [7, 11) is -2.57. The van der Waals surface area contributed by atoms with Gasteiger partial charge < -0.3 is 9.84 Å². The van der Waals surface area contributed by atoms with Crippen molar-refractivity contribution in [2.45, 2.75) is 37.1 Å². The maximum atomic E-state index is 12.2. The number of methoxy groups -OCH3 is 1. The van der Waals surface area contributed by atoms with Crippen LogP contribution in [0.15, 0.2) is 29.2 Å². The van der Waals surface area contributed by atoms with Crippen molar-refractivity contribution >= 4 is 16.0 Å². The standard InChI is InChI=1S/C13H19NO5S/c1-3-4-7-10(13(15)16)14-20(17,18)12-9-6-5-8-11(12)19-2/h5-6,8-10,14H,3-4,7H2,1-2H3,(H,15,16)/t10-/m0/s1. The third-order valence-corrected chi connectivity index (χ3v) is 4.31. The second-order valence-corrected chi connectivity index (χ2v) is 5.99. The zero-order valence-electron chi connectivity index (χ0n) is 11.5. The molecule has 1 aromatic carbocycles. The van der Waals surface area contributed by atoms with Crippen molar-refractivity contribution in [1.29, 1.82) is 0 Å². The highest BCUT2D eigenvalue weighted by Gasteiger charge is 2.26. The average Bonchev–Trinajstić information content (AvgIpc) is 2.43. The van der Waals surface area contributed by atoms with Crippen LogP contribution >= 0.6 is 0 Å². The van der Waals surface area contributed by atoms with Crippen LogP contribution in [0.4, 0.5) is 0 Å². The van der Waals surface area contributed by atoms with Crippen molar-refractivity contribution < 1.29 is 23.1 Å². The van der Waals surface area contributed by atoms with Crippen LogP contribution in [0.1, 0.15) is 26.2 Å². The summed E-state index contributed by atoms with van der Waals surface area (Å²) in [5, 5.41) is 9.08. The number of nitrogens with one attached hydrogen (secondary N) is 1. The Morgan fingerprint density at radius 1 is 1.40 bits per heavy atom.